The van der Waals surface area contributed by atoms with Gasteiger partial charge >= 0.3 is 0 Å². The van der Waals surface area contributed by atoms with Crippen LogP contribution < -0.4 is 10.6 Å². The minimum Gasteiger partial charge on any atom is -0.309 e. The standard InChI is InChI=1S/C17H18F2N2/c18-14-8-4-7-13(16(14)19)11-21-15-9-10-20-17(15)12-5-2-1-3-6-12/h1-8,15,17,20-21H,9-11H2. The first-order valence-corrected chi connectivity index (χ1v) is 7.20. The van der Waals surface area contributed by atoms with Gasteiger partial charge in [0.25, 0.3) is 0 Å². The van der Waals surface area contributed by atoms with Crippen LogP contribution in [0.25, 0.3) is 0 Å². The van der Waals surface area contributed by atoms with E-state index in [1.807, 2.05) is 18.2 Å². The summed E-state index contributed by atoms with van der Waals surface area (Å²) >= 11 is 0. The van der Waals surface area contributed by atoms with Gasteiger partial charge in [-0.1, -0.05) is 42.5 Å². The van der Waals surface area contributed by atoms with Crippen LogP contribution in [0.2, 0.25) is 0 Å². The third kappa shape index (κ3) is 3.12. The summed E-state index contributed by atoms with van der Waals surface area (Å²) in [5.41, 5.74) is 1.58. The van der Waals surface area contributed by atoms with Gasteiger partial charge in [-0.05, 0) is 24.6 Å². The van der Waals surface area contributed by atoms with E-state index in [2.05, 4.69) is 22.8 Å². The molecular weight excluding hydrogens is 270 g/mol. The summed E-state index contributed by atoms with van der Waals surface area (Å²) in [6.45, 7) is 1.25. The highest BCUT2D eigenvalue weighted by Crippen LogP contribution is 2.24. The Morgan fingerprint density at radius 2 is 1.86 bits per heavy atom. The molecule has 0 aliphatic carbocycles. The van der Waals surface area contributed by atoms with Gasteiger partial charge in [0.1, 0.15) is 0 Å². The molecule has 2 aromatic carbocycles. The second-order valence-corrected chi connectivity index (χ2v) is 5.33. The molecule has 0 radical (unpaired) electrons. The molecule has 110 valence electrons. The van der Waals surface area contributed by atoms with Crippen LogP contribution in [0.5, 0.6) is 0 Å². The van der Waals surface area contributed by atoms with Crippen molar-refractivity contribution in [3.8, 4) is 0 Å². The molecule has 4 heteroatoms. The molecule has 1 saturated heterocycles. The molecule has 0 bridgehead atoms. The highest BCUT2D eigenvalue weighted by molar-refractivity contribution is 5.23. The predicted octanol–water partition coefficient (Wildman–Crippen LogP) is 3.16. The van der Waals surface area contributed by atoms with Crippen molar-refractivity contribution in [2.24, 2.45) is 0 Å². The Balaban J connectivity index is 1.68. The summed E-state index contributed by atoms with van der Waals surface area (Å²) in [5, 5.41) is 6.80. The van der Waals surface area contributed by atoms with Gasteiger partial charge in [-0.2, -0.15) is 0 Å². The van der Waals surface area contributed by atoms with E-state index in [9.17, 15) is 8.78 Å². The Labute approximate surface area is 123 Å². The minimum atomic E-state index is -0.793. The van der Waals surface area contributed by atoms with Crippen LogP contribution >= 0.6 is 0 Å². The smallest absolute Gasteiger partial charge is 0.163 e. The number of rotatable bonds is 4. The number of halogens is 2. The van der Waals surface area contributed by atoms with E-state index >= 15 is 0 Å². The first-order chi connectivity index (χ1) is 10.3. The van der Waals surface area contributed by atoms with Crippen LogP contribution in [0.4, 0.5) is 8.78 Å². The molecule has 3 rings (SSSR count). The van der Waals surface area contributed by atoms with Gasteiger partial charge in [0.2, 0.25) is 0 Å². The van der Waals surface area contributed by atoms with Gasteiger partial charge in [0.05, 0.1) is 0 Å². The first-order valence-electron chi connectivity index (χ1n) is 7.20. The molecule has 2 unspecified atom stereocenters. The minimum absolute atomic E-state index is 0.211. The SMILES string of the molecule is Fc1cccc(CNC2CCNC2c2ccccc2)c1F. The van der Waals surface area contributed by atoms with E-state index in [4.69, 9.17) is 0 Å². The van der Waals surface area contributed by atoms with Crippen molar-refractivity contribution in [1.29, 1.82) is 0 Å². The van der Waals surface area contributed by atoms with Crippen LogP contribution in [0.3, 0.4) is 0 Å². The average Bonchev–Trinajstić information content (AvgIpc) is 2.98. The number of hydrogen-bond donors (Lipinski definition) is 2. The van der Waals surface area contributed by atoms with E-state index in [1.165, 1.54) is 11.6 Å². The van der Waals surface area contributed by atoms with Crippen molar-refractivity contribution in [3.63, 3.8) is 0 Å². The van der Waals surface area contributed by atoms with Crippen molar-refractivity contribution in [2.45, 2.75) is 25.0 Å². The Hall–Kier alpha value is -1.78. The third-order valence-corrected chi connectivity index (χ3v) is 3.97. The monoisotopic (exact) mass is 288 g/mol. The maximum atomic E-state index is 13.7. The van der Waals surface area contributed by atoms with Crippen molar-refractivity contribution >= 4 is 0 Å². The van der Waals surface area contributed by atoms with Gasteiger partial charge in [0, 0.05) is 24.2 Å². The fraction of sp³-hybridized carbons (Fsp3) is 0.294. The summed E-state index contributed by atoms with van der Waals surface area (Å²) in [6.07, 6.45) is 0.969. The van der Waals surface area contributed by atoms with E-state index in [0.717, 1.165) is 19.0 Å². The molecule has 2 aromatic rings. The quantitative estimate of drug-likeness (QED) is 0.903. The van der Waals surface area contributed by atoms with Crippen LogP contribution in [-0.4, -0.2) is 12.6 Å². The molecule has 0 amide bonds. The molecule has 2 N–H and O–H groups in total. The van der Waals surface area contributed by atoms with Crippen LogP contribution in [0.15, 0.2) is 48.5 Å². The maximum Gasteiger partial charge on any atom is 0.163 e. The van der Waals surface area contributed by atoms with Crippen molar-refractivity contribution < 1.29 is 8.78 Å². The molecule has 1 aliphatic rings. The summed E-state index contributed by atoms with van der Waals surface area (Å²) in [5.74, 6) is -1.55. The van der Waals surface area contributed by atoms with E-state index in [1.54, 1.807) is 6.07 Å². The van der Waals surface area contributed by atoms with Crippen molar-refractivity contribution in [1.82, 2.24) is 10.6 Å². The van der Waals surface area contributed by atoms with Gasteiger partial charge in [-0.15, -0.1) is 0 Å². The molecule has 0 saturated carbocycles. The Bertz CT molecular complexity index is 601. The second-order valence-electron chi connectivity index (χ2n) is 5.33. The van der Waals surface area contributed by atoms with Gasteiger partial charge in [0.15, 0.2) is 11.6 Å². The molecular formula is C17H18F2N2. The Morgan fingerprint density at radius 1 is 1.05 bits per heavy atom. The molecule has 1 heterocycles. The molecule has 0 aromatic heterocycles. The highest BCUT2D eigenvalue weighted by Gasteiger charge is 2.27. The Kier molecular flexibility index (Phi) is 4.27. The molecule has 0 spiro atoms. The third-order valence-electron chi connectivity index (χ3n) is 3.97. The normalized spacial score (nSPS) is 21.6. The summed E-state index contributed by atoms with van der Waals surface area (Å²) in [7, 11) is 0. The Morgan fingerprint density at radius 3 is 2.67 bits per heavy atom. The van der Waals surface area contributed by atoms with E-state index in [0.29, 0.717) is 12.1 Å². The molecule has 21 heavy (non-hydrogen) atoms. The van der Waals surface area contributed by atoms with Crippen molar-refractivity contribution in [3.05, 3.63) is 71.3 Å². The number of nitrogens with one attached hydrogen (secondary N) is 2. The molecule has 1 fully saturated rings. The highest BCUT2D eigenvalue weighted by atomic mass is 19.2. The molecule has 2 atom stereocenters. The average molecular weight is 288 g/mol. The predicted molar refractivity (Wildman–Crippen MR) is 78.8 cm³/mol. The largest absolute Gasteiger partial charge is 0.309 e. The van der Waals surface area contributed by atoms with Gasteiger partial charge in [-0.3, -0.25) is 0 Å². The number of hydrogen-bond acceptors (Lipinski definition) is 2. The number of benzene rings is 2. The van der Waals surface area contributed by atoms with Crippen LogP contribution in [0.1, 0.15) is 23.6 Å². The second kappa shape index (κ2) is 6.33. The lowest BCUT2D eigenvalue weighted by Gasteiger charge is -2.21. The zero-order valence-corrected chi connectivity index (χ0v) is 11.7. The van der Waals surface area contributed by atoms with Crippen LogP contribution in [0, 0.1) is 11.6 Å². The van der Waals surface area contributed by atoms with E-state index in [-0.39, 0.29) is 12.1 Å². The van der Waals surface area contributed by atoms with Crippen LogP contribution in [-0.2, 0) is 6.54 Å². The van der Waals surface area contributed by atoms with Crippen molar-refractivity contribution in [2.75, 3.05) is 6.54 Å². The summed E-state index contributed by atoms with van der Waals surface area (Å²) in [6, 6.07) is 14.9. The van der Waals surface area contributed by atoms with Gasteiger partial charge in [-0.25, -0.2) is 8.78 Å². The van der Waals surface area contributed by atoms with E-state index < -0.39 is 11.6 Å². The molecule has 1 aliphatic heterocycles. The topological polar surface area (TPSA) is 24.1 Å². The lowest BCUT2D eigenvalue weighted by Crippen LogP contribution is -2.34. The van der Waals surface area contributed by atoms with Gasteiger partial charge < -0.3 is 10.6 Å². The lowest BCUT2D eigenvalue weighted by atomic mass is 10.0. The summed E-state index contributed by atoms with van der Waals surface area (Å²) in [4.78, 5) is 0. The molecule has 2 nitrogen and oxygen atoms in total. The first kappa shape index (κ1) is 14.2. The zero-order valence-electron chi connectivity index (χ0n) is 11.7. The fourth-order valence-corrected chi connectivity index (χ4v) is 2.86. The fourth-order valence-electron chi connectivity index (χ4n) is 2.86. The maximum absolute atomic E-state index is 13.7. The summed E-state index contributed by atoms with van der Waals surface area (Å²) < 4.78 is 26.9. The lowest BCUT2D eigenvalue weighted by molar-refractivity contribution is 0.445. The zero-order chi connectivity index (χ0) is 14.7.